The maximum atomic E-state index is 12.7. The van der Waals surface area contributed by atoms with Gasteiger partial charge in [-0.2, -0.15) is 0 Å². The fraction of sp³-hybridized carbons (Fsp3) is 0.412. The molecule has 1 aromatic carbocycles. The van der Waals surface area contributed by atoms with Crippen LogP contribution in [0.2, 0.25) is 5.02 Å². The van der Waals surface area contributed by atoms with Crippen LogP contribution in [-0.2, 0) is 4.79 Å². The van der Waals surface area contributed by atoms with Crippen molar-refractivity contribution in [2.45, 2.75) is 32.1 Å². The van der Waals surface area contributed by atoms with Crippen LogP contribution in [0, 0.1) is 0 Å². The highest BCUT2D eigenvalue weighted by atomic mass is 35.5. The fourth-order valence-corrected chi connectivity index (χ4v) is 2.86. The second kappa shape index (κ2) is 7.23. The van der Waals surface area contributed by atoms with E-state index >= 15 is 0 Å². The molecule has 0 bridgehead atoms. The van der Waals surface area contributed by atoms with Crippen molar-refractivity contribution in [2.75, 3.05) is 13.1 Å². The summed E-state index contributed by atoms with van der Waals surface area (Å²) in [5.74, 6) is -0.573. The number of rotatable bonds is 7. The van der Waals surface area contributed by atoms with E-state index in [0.29, 0.717) is 29.5 Å². The van der Waals surface area contributed by atoms with E-state index in [2.05, 4.69) is 10.1 Å². The highest BCUT2D eigenvalue weighted by Crippen LogP contribution is 2.40. The number of hydrogen-bond acceptors (Lipinski definition) is 4. The van der Waals surface area contributed by atoms with Crippen molar-refractivity contribution in [3.63, 3.8) is 0 Å². The van der Waals surface area contributed by atoms with E-state index in [1.165, 1.54) is 4.90 Å². The number of benzene rings is 1. The molecule has 2 aromatic rings. The number of para-hydroxylation sites is 1. The van der Waals surface area contributed by atoms with Crippen molar-refractivity contribution in [1.82, 2.24) is 19.7 Å². The smallest absolute Gasteiger partial charge is 0.323 e. The van der Waals surface area contributed by atoms with Crippen molar-refractivity contribution in [2.24, 2.45) is 0 Å². The molecule has 0 saturated heterocycles. The highest BCUT2D eigenvalue weighted by Gasteiger charge is 2.33. The van der Waals surface area contributed by atoms with E-state index in [1.54, 1.807) is 10.7 Å². The highest BCUT2D eigenvalue weighted by molar-refractivity contribution is 6.32. The molecule has 3 rings (SSSR count). The molecule has 8 heteroatoms. The van der Waals surface area contributed by atoms with Gasteiger partial charge in [0.25, 0.3) is 5.91 Å². The summed E-state index contributed by atoms with van der Waals surface area (Å²) >= 11 is 6.26. The lowest BCUT2D eigenvalue weighted by Crippen LogP contribution is -2.36. The number of aliphatic carboxylic acids is 1. The van der Waals surface area contributed by atoms with Crippen molar-refractivity contribution < 1.29 is 14.7 Å². The molecule has 1 aliphatic rings. The summed E-state index contributed by atoms with van der Waals surface area (Å²) < 4.78 is 1.61. The summed E-state index contributed by atoms with van der Waals surface area (Å²) in [5.41, 5.74) is 0.665. The number of carbonyl (C=O) groups excluding carboxylic acids is 1. The first kappa shape index (κ1) is 17.4. The molecular weight excluding hydrogens is 344 g/mol. The summed E-state index contributed by atoms with van der Waals surface area (Å²) in [6.07, 6.45) is 2.63. The molecule has 1 amide bonds. The molecule has 1 aliphatic carbocycles. The fourth-order valence-electron chi connectivity index (χ4n) is 2.65. The lowest BCUT2D eigenvalue weighted by Gasteiger charge is -2.17. The third-order valence-electron chi connectivity index (χ3n) is 3.95. The summed E-state index contributed by atoms with van der Waals surface area (Å²) in [6.45, 7) is 1.85. The summed E-state index contributed by atoms with van der Waals surface area (Å²) in [7, 11) is 0. The number of nitrogens with zero attached hydrogens (tertiary/aromatic N) is 4. The monoisotopic (exact) mass is 362 g/mol. The molecule has 1 aromatic heterocycles. The molecule has 1 heterocycles. The summed E-state index contributed by atoms with van der Waals surface area (Å²) in [5, 5.41) is 13.9. The number of carbonyl (C=O) groups is 2. The Morgan fingerprint density at radius 3 is 2.68 bits per heavy atom. The van der Waals surface area contributed by atoms with Gasteiger partial charge in [-0.25, -0.2) is 9.67 Å². The van der Waals surface area contributed by atoms with E-state index in [-0.39, 0.29) is 18.3 Å². The molecule has 1 saturated carbocycles. The van der Waals surface area contributed by atoms with E-state index < -0.39 is 11.9 Å². The Morgan fingerprint density at radius 1 is 1.36 bits per heavy atom. The first-order valence-corrected chi connectivity index (χ1v) is 8.62. The minimum absolute atomic E-state index is 0.0107. The van der Waals surface area contributed by atoms with E-state index in [1.807, 2.05) is 25.1 Å². The van der Waals surface area contributed by atoms with Crippen LogP contribution in [0.25, 0.3) is 5.69 Å². The van der Waals surface area contributed by atoms with E-state index in [9.17, 15) is 9.59 Å². The van der Waals surface area contributed by atoms with Crippen molar-refractivity contribution in [1.29, 1.82) is 0 Å². The van der Waals surface area contributed by atoms with Crippen LogP contribution >= 0.6 is 11.6 Å². The van der Waals surface area contributed by atoms with Gasteiger partial charge in [0.05, 0.1) is 10.7 Å². The molecule has 25 heavy (non-hydrogen) atoms. The molecule has 0 spiro atoms. The summed E-state index contributed by atoms with van der Waals surface area (Å²) in [4.78, 5) is 29.4. The molecule has 1 fully saturated rings. The van der Waals surface area contributed by atoms with Crippen LogP contribution < -0.4 is 0 Å². The van der Waals surface area contributed by atoms with Gasteiger partial charge in [-0.3, -0.25) is 9.59 Å². The van der Waals surface area contributed by atoms with Gasteiger partial charge in [-0.15, -0.1) is 5.10 Å². The van der Waals surface area contributed by atoms with Crippen LogP contribution in [0.15, 0.2) is 24.3 Å². The number of carboxylic acid groups (broad SMARTS) is 1. The SMILES string of the molecule is CCCN(CC(=O)O)C(=O)c1nc(C2CC2)n(-c2ccccc2Cl)n1. The lowest BCUT2D eigenvalue weighted by atomic mass is 10.3. The van der Waals surface area contributed by atoms with E-state index in [0.717, 1.165) is 12.8 Å². The van der Waals surface area contributed by atoms with E-state index in [4.69, 9.17) is 16.7 Å². The maximum Gasteiger partial charge on any atom is 0.323 e. The van der Waals surface area contributed by atoms with Crippen LogP contribution in [0.5, 0.6) is 0 Å². The van der Waals surface area contributed by atoms with Gasteiger partial charge in [-0.05, 0) is 31.4 Å². The quantitative estimate of drug-likeness (QED) is 0.818. The molecular formula is C17H19ClN4O3. The first-order chi connectivity index (χ1) is 12.0. The average molecular weight is 363 g/mol. The maximum absolute atomic E-state index is 12.7. The van der Waals surface area contributed by atoms with Gasteiger partial charge in [0.1, 0.15) is 12.4 Å². The lowest BCUT2D eigenvalue weighted by molar-refractivity contribution is -0.137. The largest absolute Gasteiger partial charge is 0.480 e. The topological polar surface area (TPSA) is 88.3 Å². The Morgan fingerprint density at radius 2 is 2.08 bits per heavy atom. The Balaban J connectivity index is 1.97. The van der Waals surface area contributed by atoms with Crippen LogP contribution in [-0.4, -0.2) is 49.7 Å². The van der Waals surface area contributed by atoms with Crippen molar-refractivity contribution in [3.8, 4) is 5.69 Å². The normalized spacial score (nSPS) is 13.7. The Hall–Kier alpha value is -2.41. The van der Waals surface area contributed by atoms with Crippen molar-refractivity contribution in [3.05, 3.63) is 40.9 Å². The van der Waals surface area contributed by atoms with Gasteiger partial charge >= 0.3 is 5.97 Å². The zero-order valence-electron chi connectivity index (χ0n) is 13.9. The molecule has 7 nitrogen and oxygen atoms in total. The predicted octanol–water partition coefficient (Wildman–Crippen LogP) is 2.73. The predicted molar refractivity (Wildman–Crippen MR) is 92.2 cm³/mol. The van der Waals surface area contributed by atoms with Gasteiger partial charge < -0.3 is 10.0 Å². The number of amides is 1. The number of halogens is 1. The molecule has 0 aliphatic heterocycles. The third-order valence-corrected chi connectivity index (χ3v) is 4.27. The molecule has 132 valence electrons. The first-order valence-electron chi connectivity index (χ1n) is 8.24. The zero-order chi connectivity index (χ0) is 18.0. The second-order valence-corrected chi connectivity index (χ2v) is 6.46. The minimum atomic E-state index is -1.06. The van der Waals surface area contributed by atoms with Gasteiger partial charge in [-0.1, -0.05) is 30.7 Å². The van der Waals surface area contributed by atoms with Crippen LogP contribution in [0.4, 0.5) is 0 Å². The molecule has 0 radical (unpaired) electrons. The number of aromatic nitrogens is 3. The Bertz CT molecular complexity index is 801. The molecule has 0 atom stereocenters. The van der Waals surface area contributed by atoms with Gasteiger partial charge in [0.2, 0.25) is 5.82 Å². The minimum Gasteiger partial charge on any atom is -0.480 e. The van der Waals surface area contributed by atoms with Gasteiger partial charge in [0, 0.05) is 12.5 Å². The van der Waals surface area contributed by atoms with Crippen molar-refractivity contribution >= 4 is 23.5 Å². The number of carboxylic acids is 1. The zero-order valence-corrected chi connectivity index (χ0v) is 14.6. The third kappa shape index (κ3) is 3.82. The summed E-state index contributed by atoms with van der Waals surface area (Å²) in [6, 6.07) is 7.24. The molecule has 1 N–H and O–H groups in total. The van der Waals surface area contributed by atoms with Crippen LogP contribution in [0.3, 0.4) is 0 Å². The Kier molecular flexibility index (Phi) is 5.03. The average Bonchev–Trinajstić information content (AvgIpc) is 3.33. The van der Waals surface area contributed by atoms with Gasteiger partial charge in [0.15, 0.2) is 0 Å². The Labute approximate surface area is 150 Å². The second-order valence-electron chi connectivity index (χ2n) is 6.05. The number of hydrogen-bond donors (Lipinski definition) is 1. The standard InChI is InChI=1S/C17H19ClN4O3/c1-2-9-21(10-14(23)24)17(25)15-19-16(11-7-8-11)22(20-15)13-6-4-3-5-12(13)18/h3-6,11H,2,7-10H2,1H3,(H,23,24). The van der Waals surface area contributed by atoms with Crippen LogP contribution in [0.1, 0.15) is 48.5 Å². The molecule has 0 unspecified atom stereocenters.